The summed E-state index contributed by atoms with van der Waals surface area (Å²) in [5, 5.41) is 5.51. The number of aromatic amines is 1. The lowest BCUT2D eigenvalue weighted by Crippen LogP contribution is -2.49. The van der Waals surface area contributed by atoms with Crippen molar-refractivity contribution in [2.24, 2.45) is 5.92 Å². The van der Waals surface area contributed by atoms with Crippen molar-refractivity contribution in [2.45, 2.75) is 70.6 Å². The lowest BCUT2D eigenvalue weighted by atomic mass is 9.89. The average molecular weight is 530 g/mol. The van der Waals surface area contributed by atoms with Gasteiger partial charge in [-0.1, -0.05) is 0 Å². The lowest BCUT2D eigenvalue weighted by molar-refractivity contribution is -0.120. The number of nitrogens with zero attached hydrogens (tertiary/aromatic N) is 2. The standard InChI is InChI=1S/C27H30F3N5O3/c1-13-22(27(37)35-20-7-6-17(10-19(20)28)34-14(2)36)24-25(33-13)23(31-12-32-24)18-9-16(26(29)30)5-8-21(18)38-11-15-3-4-15/h5,8-9,12,15,17,19-20,26,33H,3-4,6-7,10-11H2,1-2H3,(H,34,36)(H,35,37)/t17-,19+,20+/m1/s1. The molecule has 202 valence electrons. The Bertz CT molecular complexity index is 1360. The van der Waals surface area contributed by atoms with Crippen molar-refractivity contribution in [2.75, 3.05) is 6.61 Å². The molecule has 3 N–H and O–H groups in total. The highest BCUT2D eigenvalue weighted by Gasteiger charge is 2.33. The Morgan fingerprint density at radius 1 is 1.16 bits per heavy atom. The number of hydrogen-bond acceptors (Lipinski definition) is 5. The van der Waals surface area contributed by atoms with E-state index in [2.05, 4.69) is 25.6 Å². The molecule has 2 aliphatic carbocycles. The molecule has 0 aliphatic heterocycles. The number of ether oxygens (including phenoxy) is 1. The molecule has 0 bridgehead atoms. The van der Waals surface area contributed by atoms with Gasteiger partial charge in [-0.25, -0.2) is 23.1 Å². The van der Waals surface area contributed by atoms with E-state index in [4.69, 9.17) is 4.74 Å². The molecule has 2 aromatic heterocycles. The van der Waals surface area contributed by atoms with Crippen LogP contribution in [0.2, 0.25) is 0 Å². The zero-order valence-corrected chi connectivity index (χ0v) is 21.2. The molecule has 1 aromatic carbocycles. The molecule has 2 heterocycles. The minimum Gasteiger partial charge on any atom is -0.493 e. The van der Waals surface area contributed by atoms with E-state index >= 15 is 0 Å². The van der Waals surface area contributed by atoms with Crippen molar-refractivity contribution < 1.29 is 27.5 Å². The number of alkyl halides is 3. The van der Waals surface area contributed by atoms with E-state index in [9.17, 15) is 22.8 Å². The summed E-state index contributed by atoms with van der Waals surface area (Å²) in [5.41, 5.74) is 1.99. The molecule has 8 nitrogen and oxygen atoms in total. The first-order chi connectivity index (χ1) is 18.2. The number of benzene rings is 1. The molecule has 2 fully saturated rings. The fourth-order valence-electron chi connectivity index (χ4n) is 5.03. The van der Waals surface area contributed by atoms with Gasteiger partial charge < -0.3 is 20.4 Å². The molecule has 3 aromatic rings. The first kappa shape index (κ1) is 26.0. The maximum atomic E-state index is 14.9. The minimum absolute atomic E-state index is 0.119. The zero-order chi connectivity index (χ0) is 27.0. The average Bonchev–Trinajstić information content (AvgIpc) is 3.63. The van der Waals surface area contributed by atoms with E-state index in [1.54, 1.807) is 6.92 Å². The van der Waals surface area contributed by atoms with Crippen molar-refractivity contribution in [3.05, 3.63) is 41.3 Å². The number of hydrogen-bond donors (Lipinski definition) is 3. The predicted molar refractivity (Wildman–Crippen MR) is 135 cm³/mol. The van der Waals surface area contributed by atoms with Crippen molar-refractivity contribution >= 4 is 22.8 Å². The molecule has 11 heteroatoms. The first-order valence-electron chi connectivity index (χ1n) is 12.8. The van der Waals surface area contributed by atoms with E-state index in [1.807, 2.05) is 0 Å². The van der Waals surface area contributed by atoms with Crippen molar-refractivity contribution in [1.82, 2.24) is 25.6 Å². The molecular formula is C27H30F3N5O3. The SMILES string of the molecule is CC(=O)N[C@@H]1CC[C@H](NC(=O)c2c(C)[nH]c3c(-c4cc(C(F)F)ccc4OCC4CC4)ncnc23)[C@@H](F)C1. The molecule has 0 radical (unpaired) electrons. The summed E-state index contributed by atoms with van der Waals surface area (Å²) < 4.78 is 47.9. The molecule has 0 spiro atoms. The van der Waals surface area contributed by atoms with Crippen LogP contribution >= 0.6 is 0 Å². The third-order valence-corrected chi connectivity index (χ3v) is 7.18. The van der Waals surface area contributed by atoms with Crippen LogP contribution < -0.4 is 15.4 Å². The summed E-state index contributed by atoms with van der Waals surface area (Å²) in [4.78, 5) is 36.4. The van der Waals surface area contributed by atoms with Crippen molar-refractivity contribution in [3.63, 3.8) is 0 Å². The van der Waals surface area contributed by atoms with E-state index < -0.39 is 24.5 Å². The molecular weight excluding hydrogens is 499 g/mol. The molecule has 2 saturated carbocycles. The topological polar surface area (TPSA) is 109 Å². The maximum absolute atomic E-state index is 14.9. The lowest BCUT2D eigenvalue weighted by Gasteiger charge is -2.32. The van der Waals surface area contributed by atoms with Gasteiger partial charge in [0, 0.05) is 36.2 Å². The second-order valence-corrected chi connectivity index (χ2v) is 10.2. The fourth-order valence-corrected chi connectivity index (χ4v) is 5.03. The van der Waals surface area contributed by atoms with Gasteiger partial charge in [0.25, 0.3) is 12.3 Å². The number of carbonyl (C=O) groups excluding carboxylic acids is 2. The van der Waals surface area contributed by atoms with Crippen LogP contribution in [0.4, 0.5) is 13.2 Å². The number of rotatable bonds is 8. The van der Waals surface area contributed by atoms with Crippen LogP contribution in [-0.4, -0.2) is 51.6 Å². The molecule has 38 heavy (non-hydrogen) atoms. The normalized spacial score (nSPS) is 21.5. The third kappa shape index (κ3) is 5.46. The molecule has 0 unspecified atom stereocenters. The number of aryl methyl sites for hydroxylation is 1. The van der Waals surface area contributed by atoms with Crippen LogP contribution in [0.5, 0.6) is 5.75 Å². The number of halogens is 3. The number of amides is 2. The van der Waals surface area contributed by atoms with Gasteiger partial charge in [0.05, 0.1) is 23.7 Å². The minimum atomic E-state index is -2.68. The van der Waals surface area contributed by atoms with Gasteiger partial charge in [-0.15, -0.1) is 0 Å². The monoisotopic (exact) mass is 529 g/mol. The number of nitrogens with one attached hydrogen (secondary N) is 3. The summed E-state index contributed by atoms with van der Waals surface area (Å²) >= 11 is 0. The summed E-state index contributed by atoms with van der Waals surface area (Å²) in [6, 6.07) is 3.24. The van der Waals surface area contributed by atoms with Gasteiger partial charge in [-0.3, -0.25) is 9.59 Å². The first-order valence-corrected chi connectivity index (χ1v) is 12.8. The Morgan fingerprint density at radius 3 is 2.63 bits per heavy atom. The van der Waals surface area contributed by atoms with Crippen molar-refractivity contribution in [1.29, 1.82) is 0 Å². The summed E-state index contributed by atoms with van der Waals surface area (Å²) in [5.74, 6) is 0.180. The highest BCUT2D eigenvalue weighted by Crippen LogP contribution is 2.38. The van der Waals surface area contributed by atoms with E-state index in [-0.39, 0.29) is 29.5 Å². The Labute approximate surface area is 217 Å². The number of fused-ring (bicyclic) bond motifs is 1. The number of aromatic nitrogens is 3. The molecule has 0 saturated heterocycles. The fraction of sp³-hybridized carbons (Fsp3) is 0.481. The zero-order valence-electron chi connectivity index (χ0n) is 21.2. The molecule has 3 atom stereocenters. The van der Waals surface area contributed by atoms with Gasteiger partial charge >= 0.3 is 0 Å². The van der Waals surface area contributed by atoms with Crippen LogP contribution in [0.3, 0.4) is 0 Å². The van der Waals surface area contributed by atoms with Crippen LogP contribution in [0.25, 0.3) is 22.3 Å². The smallest absolute Gasteiger partial charge is 0.263 e. The van der Waals surface area contributed by atoms with E-state index in [1.165, 1.54) is 31.5 Å². The molecule has 5 rings (SSSR count). The Hall–Kier alpha value is -3.63. The number of carbonyl (C=O) groups is 2. The van der Waals surface area contributed by atoms with Gasteiger partial charge in [-0.2, -0.15) is 0 Å². The Balaban J connectivity index is 1.44. The summed E-state index contributed by atoms with van der Waals surface area (Å²) in [6.45, 7) is 3.57. The Kier molecular flexibility index (Phi) is 7.27. The van der Waals surface area contributed by atoms with Gasteiger partial charge in [0.1, 0.15) is 29.5 Å². The van der Waals surface area contributed by atoms with Gasteiger partial charge in [-0.05, 0) is 56.7 Å². The quantitative estimate of drug-likeness (QED) is 0.389. The second-order valence-electron chi connectivity index (χ2n) is 10.2. The van der Waals surface area contributed by atoms with Gasteiger partial charge in [0.2, 0.25) is 5.91 Å². The van der Waals surface area contributed by atoms with Crippen LogP contribution in [0.1, 0.15) is 67.1 Å². The van der Waals surface area contributed by atoms with Crippen LogP contribution in [0, 0.1) is 12.8 Å². The maximum Gasteiger partial charge on any atom is 0.263 e. The largest absolute Gasteiger partial charge is 0.493 e. The number of H-pyrrole nitrogens is 1. The molecule has 2 amide bonds. The Morgan fingerprint density at radius 2 is 1.95 bits per heavy atom. The highest BCUT2D eigenvalue weighted by atomic mass is 19.3. The highest BCUT2D eigenvalue weighted by molar-refractivity contribution is 6.09. The molecule has 2 aliphatic rings. The van der Waals surface area contributed by atoms with Crippen molar-refractivity contribution in [3.8, 4) is 17.0 Å². The summed E-state index contributed by atoms with van der Waals surface area (Å²) in [6.07, 6.45) is 0.478. The van der Waals surface area contributed by atoms with Gasteiger partial charge in [0.15, 0.2) is 0 Å². The van der Waals surface area contributed by atoms with Crippen LogP contribution in [0.15, 0.2) is 24.5 Å². The summed E-state index contributed by atoms with van der Waals surface area (Å²) in [7, 11) is 0. The van der Waals surface area contributed by atoms with E-state index in [0.717, 1.165) is 12.8 Å². The second kappa shape index (κ2) is 10.6. The van der Waals surface area contributed by atoms with Crippen LogP contribution in [-0.2, 0) is 4.79 Å². The third-order valence-electron chi connectivity index (χ3n) is 7.18. The van der Waals surface area contributed by atoms with E-state index in [0.29, 0.717) is 59.1 Å². The predicted octanol–water partition coefficient (Wildman–Crippen LogP) is 4.78.